The van der Waals surface area contributed by atoms with Crippen LogP contribution in [0.5, 0.6) is 0 Å². The maximum absolute atomic E-state index is 11.7. The molecule has 0 aromatic heterocycles. The first-order valence-electron chi connectivity index (χ1n) is 5.92. The number of amides is 2. The summed E-state index contributed by atoms with van der Waals surface area (Å²) < 4.78 is 0. The molecule has 1 saturated carbocycles. The molecule has 1 aliphatic heterocycles. The normalized spacial score (nSPS) is 21.9. The van der Waals surface area contributed by atoms with E-state index in [0.29, 0.717) is 31.8 Å². The number of carbonyl (C=O) groups excluding carboxylic acids is 1. The van der Waals surface area contributed by atoms with Gasteiger partial charge in [0.2, 0.25) is 0 Å². The Labute approximate surface area is 94.8 Å². The summed E-state index contributed by atoms with van der Waals surface area (Å²) in [5.74, 6) is -0.328. The van der Waals surface area contributed by atoms with Crippen LogP contribution >= 0.6 is 0 Å². The lowest BCUT2D eigenvalue weighted by molar-refractivity contribution is -0.143. The fourth-order valence-corrected chi connectivity index (χ4v) is 1.99. The highest BCUT2D eigenvalue weighted by atomic mass is 16.4. The fraction of sp³-hybridized carbons (Fsp3) is 0.818. The summed E-state index contributed by atoms with van der Waals surface area (Å²) >= 11 is 0. The summed E-state index contributed by atoms with van der Waals surface area (Å²) in [6.07, 6.45) is 3.60. The number of aliphatic carboxylic acids is 1. The SMILES string of the molecule is O=C(O)C1CCN(C(=O)NCC2CC2)CC1. The molecule has 0 bridgehead atoms. The van der Waals surface area contributed by atoms with E-state index in [0.717, 1.165) is 6.54 Å². The van der Waals surface area contributed by atoms with Crippen LogP contribution in [-0.2, 0) is 4.79 Å². The third-order valence-electron chi connectivity index (χ3n) is 3.37. The lowest BCUT2D eigenvalue weighted by atomic mass is 9.97. The van der Waals surface area contributed by atoms with Gasteiger partial charge in [-0.05, 0) is 31.6 Å². The Balaban J connectivity index is 1.70. The molecule has 0 atom stereocenters. The van der Waals surface area contributed by atoms with Gasteiger partial charge in [-0.1, -0.05) is 0 Å². The minimum Gasteiger partial charge on any atom is -0.481 e. The average Bonchev–Trinajstić information content (AvgIpc) is 3.10. The van der Waals surface area contributed by atoms with Crippen LogP contribution in [0.3, 0.4) is 0 Å². The molecule has 16 heavy (non-hydrogen) atoms. The highest BCUT2D eigenvalue weighted by molar-refractivity contribution is 5.75. The number of carboxylic acid groups (broad SMARTS) is 1. The van der Waals surface area contributed by atoms with E-state index >= 15 is 0 Å². The summed E-state index contributed by atoms with van der Waals surface area (Å²) in [5.41, 5.74) is 0. The second-order valence-corrected chi connectivity index (χ2v) is 4.73. The molecule has 0 radical (unpaired) electrons. The van der Waals surface area contributed by atoms with Gasteiger partial charge in [0, 0.05) is 19.6 Å². The molecule has 0 spiro atoms. The Morgan fingerprint density at radius 3 is 2.31 bits per heavy atom. The number of carboxylic acids is 1. The second-order valence-electron chi connectivity index (χ2n) is 4.73. The van der Waals surface area contributed by atoms with Gasteiger partial charge in [0.25, 0.3) is 0 Å². The van der Waals surface area contributed by atoms with Crippen LogP contribution in [0.4, 0.5) is 4.79 Å². The summed E-state index contributed by atoms with van der Waals surface area (Å²) in [5, 5.41) is 11.7. The molecule has 2 aliphatic rings. The molecule has 2 rings (SSSR count). The van der Waals surface area contributed by atoms with Gasteiger partial charge in [-0.2, -0.15) is 0 Å². The predicted octanol–water partition coefficient (Wildman–Crippen LogP) is 0.903. The highest BCUT2D eigenvalue weighted by Crippen LogP contribution is 2.27. The van der Waals surface area contributed by atoms with Gasteiger partial charge < -0.3 is 15.3 Å². The van der Waals surface area contributed by atoms with Gasteiger partial charge in [-0.3, -0.25) is 4.79 Å². The van der Waals surface area contributed by atoms with Crippen molar-refractivity contribution in [2.24, 2.45) is 11.8 Å². The zero-order chi connectivity index (χ0) is 11.5. The molecule has 2 amide bonds. The van der Waals surface area contributed by atoms with Crippen molar-refractivity contribution in [2.75, 3.05) is 19.6 Å². The van der Waals surface area contributed by atoms with Crippen molar-refractivity contribution < 1.29 is 14.7 Å². The van der Waals surface area contributed by atoms with E-state index in [1.165, 1.54) is 12.8 Å². The molecule has 1 aliphatic carbocycles. The van der Waals surface area contributed by atoms with Crippen LogP contribution in [-0.4, -0.2) is 41.6 Å². The van der Waals surface area contributed by atoms with Gasteiger partial charge in [0.05, 0.1) is 5.92 Å². The zero-order valence-corrected chi connectivity index (χ0v) is 9.32. The molecule has 1 saturated heterocycles. The number of hydrogen-bond donors (Lipinski definition) is 2. The van der Waals surface area contributed by atoms with E-state index < -0.39 is 5.97 Å². The topological polar surface area (TPSA) is 69.6 Å². The summed E-state index contributed by atoms with van der Waals surface area (Å²) in [6, 6.07) is -0.0317. The fourth-order valence-electron chi connectivity index (χ4n) is 1.99. The number of hydrogen-bond acceptors (Lipinski definition) is 2. The first-order valence-corrected chi connectivity index (χ1v) is 5.92. The third kappa shape index (κ3) is 2.87. The van der Waals surface area contributed by atoms with Gasteiger partial charge in [-0.15, -0.1) is 0 Å². The number of nitrogens with one attached hydrogen (secondary N) is 1. The van der Waals surface area contributed by atoms with Crippen molar-refractivity contribution in [3.05, 3.63) is 0 Å². The van der Waals surface area contributed by atoms with E-state index in [-0.39, 0.29) is 11.9 Å². The largest absolute Gasteiger partial charge is 0.481 e. The lowest BCUT2D eigenvalue weighted by Gasteiger charge is -2.30. The molecule has 2 N–H and O–H groups in total. The molecule has 5 heteroatoms. The molecule has 2 fully saturated rings. The standard InChI is InChI=1S/C11H18N2O3/c14-10(15)9-3-5-13(6-4-9)11(16)12-7-8-1-2-8/h8-9H,1-7H2,(H,12,16)(H,14,15). The first-order chi connectivity index (χ1) is 7.66. The highest BCUT2D eigenvalue weighted by Gasteiger charge is 2.28. The van der Waals surface area contributed by atoms with Crippen LogP contribution in [0.1, 0.15) is 25.7 Å². The van der Waals surface area contributed by atoms with Crippen molar-refractivity contribution in [1.82, 2.24) is 10.2 Å². The van der Waals surface area contributed by atoms with Crippen LogP contribution in [0, 0.1) is 11.8 Å². The number of rotatable bonds is 3. The van der Waals surface area contributed by atoms with Crippen molar-refractivity contribution >= 4 is 12.0 Å². The molecule has 1 heterocycles. The van der Waals surface area contributed by atoms with Gasteiger partial charge in [0.15, 0.2) is 0 Å². The Morgan fingerprint density at radius 1 is 1.19 bits per heavy atom. The minimum absolute atomic E-state index is 0.0317. The van der Waals surface area contributed by atoms with Crippen LogP contribution in [0.25, 0.3) is 0 Å². The number of nitrogens with zero attached hydrogens (tertiary/aromatic N) is 1. The quantitative estimate of drug-likeness (QED) is 0.751. The molecule has 0 aromatic carbocycles. The monoisotopic (exact) mass is 226 g/mol. The predicted molar refractivity (Wildman–Crippen MR) is 58.1 cm³/mol. The van der Waals surface area contributed by atoms with Gasteiger partial charge in [-0.25, -0.2) is 4.79 Å². The summed E-state index contributed by atoms with van der Waals surface area (Å²) in [7, 11) is 0. The first kappa shape index (κ1) is 11.2. The molecule has 0 aromatic rings. The van der Waals surface area contributed by atoms with Gasteiger partial charge >= 0.3 is 12.0 Å². The van der Waals surface area contributed by atoms with Crippen LogP contribution < -0.4 is 5.32 Å². The molecule has 0 unspecified atom stereocenters. The maximum Gasteiger partial charge on any atom is 0.317 e. The van der Waals surface area contributed by atoms with Crippen molar-refractivity contribution in [3.8, 4) is 0 Å². The maximum atomic E-state index is 11.7. The smallest absolute Gasteiger partial charge is 0.317 e. The molecular weight excluding hydrogens is 208 g/mol. The Morgan fingerprint density at radius 2 is 1.81 bits per heavy atom. The Hall–Kier alpha value is -1.26. The van der Waals surface area contributed by atoms with E-state index in [1.807, 2.05) is 0 Å². The van der Waals surface area contributed by atoms with Crippen molar-refractivity contribution in [3.63, 3.8) is 0 Å². The molecule has 5 nitrogen and oxygen atoms in total. The minimum atomic E-state index is -0.738. The average molecular weight is 226 g/mol. The summed E-state index contributed by atoms with van der Waals surface area (Å²) in [4.78, 5) is 24.1. The lowest BCUT2D eigenvalue weighted by Crippen LogP contribution is -2.45. The zero-order valence-electron chi connectivity index (χ0n) is 9.32. The van der Waals surface area contributed by atoms with E-state index in [9.17, 15) is 9.59 Å². The Bertz CT molecular complexity index is 281. The third-order valence-corrected chi connectivity index (χ3v) is 3.37. The van der Waals surface area contributed by atoms with E-state index in [4.69, 9.17) is 5.11 Å². The Kier molecular flexibility index (Phi) is 3.31. The molecule has 90 valence electrons. The van der Waals surface area contributed by atoms with E-state index in [1.54, 1.807) is 4.90 Å². The number of carbonyl (C=O) groups is 2. The number of urea groups is 1. The molecular formula is C11H18N2O3. The van der Waals surface area contributed by atoms with Crippen LogP contribution in [0.15, 0.2) is 0 Å². The van der Waals surface area contributed by atoms with Crippen molar-refractivity contribution in [1.29, 1.82) is 0 Å². The number of piperidine rings is 1. The van der Waals surface area contributed by atoms with Crippen molar-refractivity contribution in [2.45, 2.75) is 25.7 Å². The number of likely N-dealkylation sites (tertiary alicyclic amines) is 1. The summed E-state index contributed by atoms with van der Waals surface area (Å²) in [6.45, 7) is 1.90. The van der Waals surface area contributed by atoms with Crippen LogP contribution in [0.2, 0.25) is 0 Å². The second kappa shape index (κ2) is 4.72. The van der Waals surface area contributed by atoms with Gasteiger partial charge in [0.1, 0.15) is 0 Å². The van der Waals surface area contributed by atoms with E-state index in [2.05, 4.69) is 5.32 Å².